The van der Waals surface area contributed by atoms with Crippen LogP contribution in [0.25, 0.3) is 0 Å². The lowest BCUT2D eigenvalue weighted by atomic mass is 9.94. The Bertz CT molecular complexity index is 266. The highest BCUT2D eigenvalue weighted by molar-refractivity contribution is 5.74. The number of hydrogen-bond donors (Lipinski definition) is 1. The van der Waals surface area contributed by atoms with Crippen molar-refractivity contribution in [2.24, 2.45) is 11.8 Å². The summed E-state index contributed by atoms with van der Waals surface area (Å²) in [4.78, 5) is 22.5. The highest BCUT2D eigenvalue weighted by Gasteiger charge is 2.23. The fraction of sp³-hybridized carbons (Fsp3) is 0.846. The minimum absolute atomic E-state index is 0.177. The highest BCUT2D eigenvalue weighted by atomic mass is 16.6. The van der Waals surface area contributed by atoms with E-state index in [0.29, 0.717) is 32.7 Å². The molecule has 0 aliphatic carbocycles. The lowest BCUT2D eigenvalue weighted by Gasteiger charge is -2.15. The van der Waals surface area contributed by atoms with E-state index in [4.69, 9.17) is 19.3 Å². The van der Waals surface area contributed by atoms with Crippen molar-refractivity contribution in [2.75, 3.05) is 33.5 Å². The number of methoxy groups -OCH3 is 1. The Morgan fingerprint density at radius 2 is 1.79 bits per heavy atom. The molecule has 1 N–H and O–H groups in total. The standard InChI is InChI=1S/C13H24O6/c1-4-11(12(14)15)9-10(2)13(16)19-8-7-18-6-5-17-3/h10-11H,4-9H2,1-3H3,(H,14,15). The van der Waals surface area contributed by atoms with Crippen LogP contribution in [0.3, 0.4) is 0 Å². The molecule has 0 amide bonds. The topological polar surface area (TPSA) is 82.1 Å². The van der Waals surface area contributed by atoms with Gasteiger partial charge in [0.05, 0.1) is 31.7 Å². The van der Waals surface area contributed by atoms with E-state index in [0.717, 1.165) is 0 Å². The van der Waals surface area contributed by atoms with E-state index in [1.54, 1.807) is 21.0 Å². The van der Waals surface area contributed by atoms with E-state index in [-0.39, 0.29) is 12.6 Å². The normalized spacial score (nSPS) is 13.8. The van der Waals surface area contributed by atoms with Crippen molar-refractivity contribution in [1.29, 1.82) is 0 Å². The van der Waals surface area contributed by atoms with Gasteiger partial charge in [-0.1, -0.05) is 13.8 Å². The fourth-order valence-corrected chi connectivity index (χ4v) is 1.55. The SMILES string of the molecule is CCC(CC(C)C(=O)OCCOCCOC)C(=O)O. The predicted molar refractivity (Wildman–Crippen MR) is 68.9 cm³/mol. The highest BCUT2D eigenvalue weighted by Crippen LogP contribution is 2.17. The average Bonchev–Trinajstić information content (AvgIpc) is 2.38. The maximum absolute atomic E-state index is 11.6. The summed E-state index contributed by atoms with van der Waals surface area (Å²) in [6, 6.07) is 0. The Labute approximate surface area is 114 Å². The van der Waals surface area contributed by atoms with Gasteiger partial charge in [0.2, 0.25) is 0 Å². The number of esters is 1. The molecule has 0 spiro atoms. The summed E-state index contributed by atoms with van der Waals surface area (Å²) >= 11 is 0. The van der Waals surface area contributed by atoms with Gasteiger partial charge in [0.15, 0.2) is 0 Å². The first kappa shape index (κ1) is 17.9. The quantitative estimate of drug-likeness (QED) is 0.453. The molecule has 6 nitrogen and oxygen atoms in total. The first-order valence-electron chi connectivity index (χ1n) is 6.49. The zero-order valence-corrected chi connectivity index (χ0v) is 11.9. The molecule has 0 saturated carbocycles. The third kappa shape index (κ3) is 8.56. The molecule has 0 rings (SSSR count). The van der Waals surface area contributed by atoms with Gasteiger partial charge in [-0.15, -0.1) is 0 Å². The van der Waals surface area contributed by atoms with Crippen LogP contribution in [0.15, 0.2) is 0 Å². The molecule has 2 unspecified atom stereocenters. The first-order valence-corrected chi connectivity index (χ1v) is 6.49. The lowest BCUT2D eigenvalue weighted by molar-refractivity contribution is -0.151. The number of carbonyl (C=O) groups is 2. The Kier molecular flexibility index (Phi) is 10.1. The van der Waals surface area contributed by atoms with Crippen LogP contribution in [0.2, 0.25) is 0 Å². The summed E-state index contributed by atoms with van der Waals surface area (Å²) in [5.41, 5.74) is 0. The molecule has 0 aromatic rings. The van der Waals surface area contributed by atoms with Crippen molar-refractivity contribution < 1.29 is 28.9 Å². The van der Waals surface area contributed by atoms with Crippen molar-refractivity contribution in [1.82, 2.24) is 0 Å². The Balaban J connectivity index is 3.78. The van der Waals surface area contributed by atoms with Crippen molar-refractivity contribution in [3.8, 4) is 0 Å². The van der Waals surface area contributed by atoms with Crippen molar-refractivity contribution in [3.05, 3.63) is 0 Å². The maximum Gasteiger partial charge on any atom is 0.308 e. The van der Waals surface area contributed by atoms with Crippen LogP contribution in [-0.4, -0.2) is 50.6 Å². The van der Waals surface area contributed by atoms with Gasteiger partial charge in [0.25, 0.3) is 0 Å². The minimum atomic E-state index is -0.870. The number of ether oxygens (including phenoxy) is 3. The second kappa shape index (κ2) is 10.8. The number of hydrogen-bond acceptors (Lipinski definition) is 5. The molecular formula is C13H24O6. The molecule has 112 valence electrons. The molecule has 0 heterocycles. The molecule has 0 aromatic carbocycles. The van der Waals surface area contributed by atoms with Crippen molar-refractivity contribution >= 4 is 11.9 Å². The van der Waals surface area contributed by atoms with Crippen LogP contribution in [0, 0.1) is 11.8 Å². The van der Waals surface area contributed by atoms with E-state index in [1.807, 2.05) is 0 Å². The summed E-state index contributed by atoms with van der Waals surface area (Å²) in [6.07, 6.45) is 0.808. The fourth-order valence-electron chi connectivity index (χ4n) is 1.55. The predicted octanol–water partition coefficient (Wildman–Crippen LogP) is 1.33. The molecule has 0 fully saturated rings. The number of carbonyl (C=O) groups excluding carboxylic acids is 1. The van der Waals surface area contributed by atoms with Gasteiger partial charge in [0.1, 0.15) is 6.61 Å². The summed E-state index contributed by atoms with van der Waals surface area (Å²) in [6.45, 7) is 4.93. The zero-order valence-electron chi connectivity index (χ0n) is 11.9. The van der Waals surface area contributed by atoms with Crippen molar-refractivity contribution in [3.63, 3.8) is 0 Å². The van der Waals surface area contributed by atoms with Crippen molar-refractivity contribution in [2.45, 2.75) is 26.7 Å². The van der Waals surface area contributed by atoms with Gasteiger partial charge in [-0.05, 0) is 12.8 Å². The Hall–Kier alpha value is -1.14. The monoisotopic (exact) mass is 276 g/mol. The molecule has 0 radical (unpaired) electrons. The molecule has 19 heavy (non-hydrogen) atoms. The molecular weight excluding hydrogens is 252 g/mol. The third-order valence-electron chi connectivity index (χ3n) is 2.79. The molecule has 2 atom stereocenters. The minimum Gasteiger partial charge on any atom is -0.481 e. The number of rotatable bonds is 11. The average molecular weight is 276 g/mol. The Morgan fingerprint density at radius 3 is 2.32 bits per heavy atom. The summed E-state index contributed by atoms with van der Waals surface area (Å²) in [7, 11) is 1.58. The summed E-state index contributed by atoms with van der Waals surface area (Å²) in [5.74, 6) is -2.17. The van der Waals surface area contributed by atoms with E-state index in [2.05, 4.69) is 0 Å². The van der Waals surface area contributed by atoms with E-state index in [1.165, 1.54) is 0 Å². The Morgan fingerprint density at radius 1 is 1.16 bits per heavy atom. The van der Waals surface area contributed by atoms with Gasteiger partial charge in [0, 0.05) is 7.11 Å². The van der Waals surface area contributed by atoms with Gasteiger partial charge < -0.3 is 19.3 Å². The van der Waals surface area contributed by atoms with Crippen LogP contribution in [0.4, 0.5) is 0 Å². The van der Waals surface area contributed by atoms with Gasteiger partial charge in [-0.3, -0.25) is 9.59 Å². The van der Waals surface area contributed by atoms with Gasteiger partial charge in [-0.25, -0.2) is 0 Å². The lowest BCUT2D eigenvalue weighted by Crippen LogP contribution is -2.23. The van der Waals surface area contributed by atoms with Crippen LogP contribution >= 0.6 is 0 Å². The van der Waals surface area contributed by atoms with Gasteiger partial charge in [-0.2, -0.15) is 0 Å². The molecule has 0 aliphatic rings. The maximum atomic E-state index is 11.6. The second-order valence-electron chi connectivity index (χ2n) is 4.35. The van der Waals surface area contributed by atoms with Gasteiger partial charge >= 0.3 is 11.9 Å². The molecule has 0 aliphatic heterocycles. The molecule has 0 aromatic heterocycles. The zero-order chi connectivity index (χ0) is 14.7. The molecule has 6 heteroatoms. The third-order valence-corrected chi connectivity index (χ3v) is 2.79. The second-order valence-corrected chi connectivity index (χ2v) is 4.35. The van der Waals surface area contributed by atoms with E-state index < -0.39 is 17.8 Å². The van der Waals surface area contributed by atoms with Crippen LogP contribution in [-0.2, 0) is 23.8 Å². The van der Waals surface area contributed by atoms with Crippen LogP contribution in [0.5, 0.6) is 0 Å². The summed E-state index contributed by atoms with van der Waals surface area (Å²) < 4.78 is 15.0. The van der Waals surface area contributed by atoms with Crippen LogP contribution < -0.4 is 0 Å². The first-order chi connectivity index (χ1) is 9.02. The number of carboxylic acids is 1. The van der Waals surface area contributed by atoms with E-state index >= 15 is 0 Å². The smallest absolute Gasteiger partial charge is 0.308 e. The summed E-state index contributed by atoms with van der Waals surface area (Å²) in [5, 5.41) is 8.92. The van der Waals surface area contributed by atoms with E-state index in [9.17, 15) is 9.59 Å². The largest absolute Gasteiger partial charge is 0.481 e. The molecule has 0 bridgehead atoms. The van der Waals surface area contributed by atoms with Crippen LogP contribution in [0.1, 0.15) is 26.7 Å². The number of carboxylic acid groups (broad SMARTS) is 1. The molecule has 0 saturated heterocycles. The number of aliphatic carboxylic acids is 1.